The number of hydrogen-bond acceptors (Lipinski definition) is 3. The number of aromatic nitrogens is 2. The molecule has 0 aliphatic heterocycles. The van der Waals surface area contributed by atoms with Crippen molar-refractivity contribution < 1.29 is 28.2 Å². The molecule has 0 aromatic carbocycles. The van der Waals surface area contributed by atoms with Crippen LogP contribution in [0.3, 0.4) is 0 Å². The van der Waals surface area contributed by atoms with Gasteiger partial charge in [-0.3, -0.25) is 4.68 Å². The monoisotopic (exact) mass is 224 g/mol. The van der Waals surface area contributed by atoms with Crippen LogP contribution in [0.5, 0.6) is 0 Å². The lowest BCUT2D eigenvalue weighted by Crippen LogP contribution is -2.25. The predicted molar refractivity (Wildman–Crippen MR) is 40.9 cm³/mol. The van der Waals surface area contributed by atoms with Gasteiger partial charge in [0.1, 0.15) is 0 Å². The first-order chi connectivity index (χ1) is 6.80. The third-order valence-corrected chi connectivity index (χ3v) is 1.61. The largest absolute Gasteiger partial charge is 0.479 e. The lowest BCUT2D eigenvalue weighted by molar-refractivity contribution is -0.147. The summed E-state index contributed by atoms with van der Waals surface area (Å²) in [4.78, 5) is 10.2. The predicted octanol–water partition coefficient (Wildman–Crippen LogP) is 0.347. The maximum atomic E-state index is 12.1. The van der Waals surface area contributed by atoms with Crippen LogP contribution in [0.4, 0.5) is 13.2 Å². The van der Waals surface area contributed by atoms with Crippen molar-refractivity contribution in [3.05, 3.63) is 18.0 Å². The van der Waals surface area contributed by atoms with E-state index in [-0.39, 0.29) is 0 Å². The number of carboxylic acids is 1. The number of carboxylic acid groups (broad SMARTS) is 1. The lowest BCUT2D eigenvalue weighted by atomic mass is 10.3. The molecule has 0 saturated carbocycles. The molecule has 1 heterocycles. The molecule has 8 heteroatoms. The van der Waals surface area contributed by atoms with E-state index >= 15 is 0 Å². The molecule has 1 atom stereocenters. The molecular weight excluding hydrogens is 217 g/mol. The highest BCUT2D eigenvalue weighted by Gasteiger charge is 2.32. The standard InChI is InChI=1S/C7H7F3N2O3/c8-7(9,10)4-1-11-12(2-4)3-5(13)6(14)15/h1-2,5,13H,3H2,(H,14,15)/t5-/m1/s1. The Labute approximate surface area is 81.7 Å². The molecular formula is C7H7F3N2O3. The summed E-state index contributed by atoms with van der Waals surface area (Å²) >= 11 is 0. The zero-order chi connectivity index (χ0) is 11.6. The second-order valence-corrected chi connectivity index (χ2v) is 2.80. The lowest BCUT2D eigenvalue weighted by Gasteiger charge is -2.05. The smallest absolute Gasteiger partial charge is 0.419 e. The molecule has 0 saturated heterocycles. The van der Waals surface area contributed by atoms with E-state index in [2.05, 4.69) is 5.10 Å². The van der Waals surface area contributed by atoms with E-state index < -0.39 is 30.4 Å². The number of alkyl halides is 3. The maximum Gasteiger partial charge on any atom is 0.419 e. The van der Waals surface area contributed by atoms with Gasteiger partial charge in [-0.15, -0.1) is 0 Å². The highest BCUT2D eigenvalue weighted by Crippen LogP contribution is 2.28. The SMILES string of the molecule is O=C(O)[C@H](O)Cn1cc(C(F)(F)F)cn1. The van der Waals surface area contributed by atoms with Crippen molar-refractivity contribution in [1.82, 2.24) is 9.78 Å². The molecule has 0 radical (unpaired) electrons. The molecule has 1 aromatic heterocycles. The summed E-state index contributed by atoms with van der Waals surface area (Å²) in [5.74, 6) is -1.51. The Morgan fingerprint density at radius 1 is 1.60 bits per heavy atom. The summed E-state index contributed by atoms with van der Waals surface area (Å²) in [7, 11) is 0. The molecule has 0 spiro atoms. The molecule has 15 heavy (non-hydrogen) atoms. The van der Waals surface area contributed by atoms with E-state index in [1.54, 1.807) is 0 Å². The van der Waals surface area contributed by atoms with E-state index in [1.807, 2.05) is 0 Å². The quantitative estimate of drug-likeness (QED) is 0.776. The summed E-state index contributed by atoms with van der Waals surface area (Å²) in [6, 6.07) is 0. The summed E-state index contributed by atoms with van der Waals surface area (Å²) in [6.07, 6.45) is -5.10. The zero-order valence-electron chi connectivity index (χ0n) is 7.27. The second-order valence-electron chi connectivity index (χ2n) is 2.80. The van der Waals surface area contributed by atoms with Crippen molar-refractivity contribution in [2.75, 3.05) is 0 Å². The van der Waals surface area contributed by atoms with Gasteiger partial charge in [0.05, 0.1) is 18.3 Å². The van der Waals surface area contributed by atoms with E-state index in [0.29, 0.717) is 12.4 Å². The third kappa shape index (κ3) is 2.94. The van der Waals surface area contributed by atoms with Crippen LogP contribution < -0.4 is 0 Å². The number of aliphatic carboxylic acids is 1. The average Bonchev–Trinajstić information content (AvgIpc) is 2.51. The van der Waals surface area contributed by atoms with Crippen LogP contribution in [0.25, 0.3) is 0 Å². The number of hydrogen-bond donors (Lipinski definition) is 2. The van der Waals surface area contributed by atoms with Crippen molar-refractivity contribution in [2.45, 2.75) is 18.8 Å². The van der Waals surface area contributed by atoms with E-state index in [4.69, 9.17) is 10.2 Å². The van der Waals surface area contributed by atoms with E-state index in [0.717, 1.165) is 4.68 Å². The Bertz CT molecular complexity index is 361. The zero-order valence-corrected chi connectivity index (χ0v) is 7.27. The van der Waals surface area contributed by atoms with Crippen molar-refractivity contribution in [3.8, 4) is 0 Å². The topological polar surface area (TPSA) is 75.3 Å². The number of nitrogens with zero attached hydrogens (tertiary/aromatic N) is 2. The van der Waals surface area contributed by atoms with E-state index in [9.17, 15) is 18.0 Å². The van der Waals surface area contributed by atoms with Crippen LogP contribution >= 0.6 is 0 Å². The maximum absolute atomic E-state index is 12.1. The van der Waals surface area contributed by atoms with Gasteiger partial charge in [0.2, 0.25) is 0 Å². The fourth-order valence-electron chi connectivity index (χ4n) is 0.865. The number of aliphatic hydroxyl groups is 1. The van der Waals surface area contributed by atoms with E-state index in [1.165, 1.54) is 0 Å². The van der Waals surface area contributed by atoms with Crippen molar-refractivity contribution in [2.24, 2.45) is 0 Å². The van der Waals surface area contributed by atoms with Gasteiger partial charge in [-0.1, -0.05) is 0 Å². The Kier molecular flexibility index (Phi) is 2.98. The first-order valence-electron chi connectivity index (χ1n) is 3.81. The summed E-state index contributed by atoms with van der Waals surface area (Å²) < 4.78 is 36.9. The Hall–Kier alpha value is -1.57. The van der Waals surface area contributed by atoms with Gasteiger partial charge in [0.15, 0.2) is 6.10 Å². The minimum atomic E-state index is -4.52. The fraction of sp³-hybridized carbons (Fsp3) is 0.429. The first kappa shape index (κ1) is 11.5. The van der Waals surface area contributed by atoms with Crippen LogP contribution in [0, 0.1) is 0 Å². The molecule has 0 fully saturated rings. The minimum Gasteiger partial charge on any atom is -0.479 e. The molecule has 1 aromatic rings. The molecule has 0 aliphatic carbocycles. The first-order valence-corrected chi connectivity index (χ1v) is 3.81. The Balaban J connectivity index is 2.73. The number of carbonyl (C=O) groups is 1. The summed E-state index contributed by atoms with van der Waals surface area (Å²) in [5.41, 5.74) is -0.986. The molecule has 0 amide bonds. The Morgan fingerprint density at radius 3 is 2.60 bits per heavy atom. The van der Waals surface area contributed by atoms with Crippen LogP contribution in [-0.4, -0.2) is 32.1 Å². The highest BCUT2D eigenvalue weighted by molar-refractivity contribution is 5.71. The molecule has 1 rings (SSSR count). The van der Waals surface area contributed by atoms with Crippen molar-refractivity contribution in [3.63, 3.8) is 0 Å². The van der Waals surface area contributed by atoms with Crippen molar-refractivity contribution in [1.29, 1.82) is 0 Å². The summed E-state index contributed by atoms with van der Waals surface area (Å²) in [5, 5.41) is 20.4. The molecule has 2 N–H and O–H groups in total. The van der Waals surface area contributed by atoms with Crippen LogP contribution in [0.1, 0.15) is 5.56 Å². The van der Waals surface area contributed by atoms with Gasteiger partial charge in [-0.05, 0) is 0 Å². The minimum absolute atomic E-state index is 0.522. The molecule has 84 valence electrons. The second kappa shape index (κ2) is 3.89. The average molecular weight is 224 g/mol. The fourth-order valence-corrected chi connectivity index (χ4v) is 0.865. The van der Waals surface area contributed by atoms with Gasteiger partial charge in [0, 0.05) is 6.20 Å². The van der Waals surface area contributed by atoms with Crippen LogP contribution in [-0.2, 0) is 17.5 Å². The van der Waals surface area contributed by atoms with Gasteiger partial charge < -0.3 is 10.2 Å². The van der Waals surface area contributed by atoms with Crippen molar-refractivity contribution >= 4 is 5.97 Å². The number of halogens is 3. The number of aliphatic hydroxyl groups excluding tert-OH is 1. The number of rotatable bonds is 3. The molecule has 0 aliphatic rings. The normalized spacial score (nSPS) is 13.9. The summed E-state index contributed by atoms with van der Waals surface area (Å²) in [6.45, 7) is -0.522. The van der Waals surface area contributed by atoms with Crippen LogP contribution in [0.15, 0.2) is 12.4 Å². The van der Waals surface area contributed by atoms with Gasteiger partial charge in [0.25, 0.3) is 0 Å². The van der Waals surface area contributed by atoms with Gasteiger partial charge in [-0.25, -0.2) is 4.79 Å². The molecule has 0 bridgehead atoms. The molecule has 0 unspecified atom stereocenters. The molecule has 5 nitrogen and oxygen atoms in total. The Morgan fingerprint density at radius 2 is 2.20 bits per heavy atom. The van der Waals surface area contributed by atoms with Gasteiger partial charge in [-0.2, -0.15) is 18.3 Å². The highest BCUT2D eigenvalue weighted by atomic mass is 19.4. The van der Waals surface area contributed by atoms with Gasteiger partial charge >= 0.3 is 12.1 Å². The van der Waals surface area contributed by atoms with Crippen LogP contribution in [0.2, 0.25) is 0 Å². The third-order valence-electron chi connectivity index (χ3n) is 1.61.